The molecule has 0 aliphatic rings. The van der Waals surface area contributed by atoms with Gasteiger partial charge in [-0.1, -0.05) is 12.1 Å². The number of nitro groups is 1. The minimum absolute atomic E-state index is 0.0334. The molecule has 0 aromatic heterocycles. The van der Waals surface area contributed by atoms with Gasteiger partial charge >= 0.3 is 11.9 Å². The minimum atomic E-state index is -1.23. The van der Waals surface area contributed by atoms with E-state index in [9.17, 15) is 19.7 Å². The van der Waals surface area contributed by atoms with Crippen LogP contribution in [0.5, 0.6) is 0 Å². The van der Waals surface area contributed by atoms with Crippen molar-refractivity contribution in [2.45, 2.75) is 19.8 Å². The summed E-state index contributed by atoms with van der Waals surface area (Å²) < 4.78 is 4.70. The average Bonchev–Trinajstić information content (AvgIpc) is 2.39. The maximum Gasteiger partial charge on any atom is 0.320 e. The van der Waals surface area contributed by atoms with E-state index in [1.807, 2.05) is 0 Å². The predicted molar refractivity (Wildman–Crippen MR) is 69.2 cm³/mol. The number of benzene rings is 1. The number of nitro benzene ring substituents is 1. The predicted octanol–water partition coefficient (Wildman–Crippen LogP) is 1.79. The van der Waals surface area contributed by atoms with Gasteiger partial charge in [-0.15, -0.1) is 0 Å². The Morgan fingerprint density at radius 3 is 2.40 bits per heavy atom. The van der Waals surface area contributed by atoms with E-state index >= 15 is 0 Å². The van der Waals surface area contributed by atoms with Crippen molar-refractivity contribution in [1.29, 1.82) is 0 Å². The normalized spacial score (nSPS) is 11.7. The van der Waals surface area contributed by atoms with Gasteiger partial charge in [-0.25, -0.2) is 0 Å². The smallest absolute Gasteiger partial charge is 0.320 e. The van der Waals surface area contributed by atoms with Gasteiger partial charge in [-0.05, 0) is 25.3 Å². The Balaban J connectivity index is 2.65. The van der Waals surface area contributed by atoms with E-state index in [-0.39, 0.29) is 18.7 Å². The van der Waals surface area contributed by atoms with E-state index in [2.05, 4.69) is 0 Å². The third kappa shape index (κ3) is 4.34. The molecule has 0 heterocycles. The Kier molecular flexibility index (Phi) is 5.64. The Labute approximate surface area is 115 Å². The summed E-state index contributed by atoms with van der Waals surface area (Å²) in [5.74, 6) is -3.21. The zero-order valence-electron chi connectivity index (χ0n) is 10.9. The second-order valence-electron chi connectivity index (χ2n) is 4.11. The quantitative estimate of drug-likeness (QED) is 0.353. The van der Waals surface area contributed by atoms with Gasteiger partial charge < -0.3 is 9.84 Å². The molecule has 1 atom stereocenters. The number of carboxylic acid groups (broad SMARTS) is 1. The van der Waals surface area contributed by atoms with Crippen LogP contribution in [0.15, 0.2) is 24.3 Å². The molecular formula is C13H15NO6. The first kappa shape index (κ1) is 15.6. The lowest BCUT2D eigenvalue weighted by molar-refractivity contribution is -0.384. The van der Waals surface area contributed by atoms with Crippen molar-refractivity contribution in [2.24, 2.45) is 5.92 Å². The molecule has 1 unspecified atom stereocenters. The van der Waals surface area contributed by atoms with Crippen molar-refractivity contribution in [3.05, 3.63) is 39.9 Å². The van der Waals surface area contributed by atoms with Gasteiger partial charge in [-0.3, -0.25) is 19.7 Å². The molecule has 0 aliphatic heterocycles. The number of hydrogen-bond acceptors (Lipinski definition) is 5. The molecule has 0 bridgehead atoms. The summed E-state index contributed by atoms with van der Waals surface area (Å²) in [4.78, 5) is 32.4. The molecule has 1 aromatic rings. The maximum atomic E-state index is 11.5. The third-order valence-corrected chi connectivity index (χ3v) is 2.74. The summed E-state index contributed by atoms with van der Waals surface area (Å²) in [6.45, 7) is 1.73. The lowest BCUT2D eigenvalue weighted by atomic mass is 9.99. The zero-order chi connectivity index (χ0) is 15.1. The minimum Gasteiger partial charge on any atom is -0.481 e. The van der Waals surface area contributed by atoms with Gasteiger partial charge in [0.25, 0.3) is 5.69 Å². The molecule has 0 radical (unpaired) electrons. The Morgan fingerprint density at radius 2 is 1.95 bits per heavy atom. The summed E-state index contributed by atoms with van der Waals surface area (Å²) in [5.41, 5.74) is 0.695. The summed E-state index contributed by atoms with van der Waals surface area (Å²) in [5, 5.41) is 19.5. The molecule has 0 saturated heterocycles. The van der Waals surface area contributed by atoms with E-state index in [1.54, 1.807) is 19.1 Å². The fourth-order valence-electron chi connectivity index (χ4n) is 1.68. The number of carbonyl (C=O) groups is 2. The fraction of sp³-hybridized carbons (Fsp3) is 0.385. The molecular weight excluding hydrogens is 266 g/mol. The van der Waals surface area contributed by atoms with Gasteiger partial charge in [0.15, 0.2) is 5.92 Å². The molecule has 7 heteroatoms. The number of non-ortho nitro benzene ring substituents is 1. The highest BCUT2D eigenvalue weighted by molar-refractivity contribution is 5.93. The van der Waals surface area contributed by atoms with E-state index < -0.39 is 22.8 Å². The third-order valence-electron chi connectivity index (χ3n) is 2.74. The highest BCUT2D eigenvalue weighted by Gasteiger charge is 2.27. The molecule has 1 N–H and O–H groups in total. The standard InChI is InChI=1S/C13H15NO6/c1-2-20-13(17)11(12(15)16)8-5-9-3-6-10(7-4-9)14(18)19/h3-4,6-7,11H,2,5,8H2,1H3,(H,15,16). The lowest BCUT2D eigenvalue weighted by Gasteiger charge is -2.10. The molecule has 108 valence electrons. The summed E-state index contributed by atoms with van der Waals surface area (Å²) in [7, 11) is 0. The van der Waals surface area contributed by atoms with Crippen LogP contribution in [0.2, 0.25) is 0 Å². The van der Waals surface area contributed by atoms with Crippen molar-refractivity contribution in [3.63, 3.8) is 0 Å². The van der Waals surface area contributed by atoms with Crippen LogP contribution in [0.25, 0.3) is 0 Å². The molecule has 0 saturated carbocycles. The molecule has 0 fully saturated rings. The topological polar surface area (TPSA) is 107 Å². The van der Waals surface area contributed by atoms with Gasteiger partial charge in [0.2, 0.25) is 0 Å². The summed E-state index contributed by atoms with van der Waals surface area (Å²) >= 11 is 0. The fourth-order valence-corrected chi connectivity index (χ4v) is 1.68. The number of hydrogen-bond donors (Lipinski definition) is 1. The molecule has 1 aromatic carbocycles. The molecule has 0 amide bonds. The molecule has 7 nitrogen and oxygen atoms in total. The van der Waals surface area contributed by atoms with Crippen LogP contribution in [0.4, 0.5) is 5.69 Å². The number of ether oxygens (including phenoxy) is 1. The number of aryl methyl sites for hydroxylation is 1. The van der Waals surface area contributed by atoms with Gasteiger partial charge in [-0.2, -0.15) is 0 Å². The average molecular weight is 281 g/mol. The Morgan fingerprint density at radius 1 is 1.35 bits per heavy atom. The van der Waals surface area contributed by atoms with Gasteiger partial charge in [0.1, 0.15) is 0 Å². The van der Waals surface area contributed by atoms with Gasteiger partial charge in [0, 0.05) is 12.1 Å². The van der Waals surface area contributed by atoms with E-state index in [1.165, 1.54) is 12.1 Å². The maximum absolute atomic E-state index is 11.5. The van der Waals surface area contributed by atoms with Crippen LogP contribution < -0.4 is 0 Å². The second kappa shape index (κ2) is 7.22. The molecule has 0 aliphatic carbocycles. The number of carbonyl (C=O) groups excluding carboxylic acids is 1. The van der Waals surface area contributed by atoms with Gasteiger partial charge in [0.05, 0.1) is 11.5 Å². The molecule has 20 heavy (non-hydrogen) atoms. The number of aliphatic carboxylic acids is 1. The SMILES string of the molecule is CCOC(=O)C(CCc1ccc([N+](=O)[O-])cc1)C(=O)O. The van der Waals surface area contributed by atoms with Crippen molar-refractivity contribution in [2.75, 3.05) is 6.61 Å². The van der Waals surface area contributed by atoms with Crippen molar-refractivity contribution in [1.82, 2.24) is 0 Å². The van der Waals surface area contributed by atoms with Crippen molar-refractivity contribution < 1.29 is 24.4 Å². The highest BCUT2D eigenvalue weighted by Crippen LogP contribution is 2.16. The number of esters is 1. The van der Waals surface area contributed by atoms with E-state index in [0.717, 1.165) is 5.56 Å². The number of carboxylic acids is 1. The van der Waals surface area contributed by atoms with Crippen LogP contribution in [0, 0.1) is 16.0 Å². The van der Waals surface area contributed by atoms with Crippen LogP contribution in [-0.4, -0.2) is 28.6 Å². The first-order valence-corrected chi connectivity index (χ1v) is 6.08. The summed E-state index contributed by atoms with van der Waals surface area (Å²) in [6.07, 6.45) is 0.416. The number of nitrogens with zero attached hydrogens (tertiary/aromatic N) is 1. The monoisotopic (exact) mass is 281 g/mol. The van der Waals surface area contributed by atoms with Crippen LogP contribution in [-0.2, 0) is 20.7 Å². The summed E-state index contributed by atoms with van der Waals surface area (Å²) in [6, 6.07) is 5.77. The molecule has 0 spiro atoms. The van der Waals surface area contributed by atoms with E-state index in [4.69, 9.17) is 9.84 Å². The first-order valence-electron chi connectivity index (χ1n) is 6.08. The van der Waals surface area contributed by atoms with Crippen LogP contribution in [0.3, 0.4) is 0 Å². The van der Waals surface area contributed by atoms with Crippen LogP contribution >= 0.6 is 0 Å². The van der Waals surface area contributed by atoms with Crippen molar-refractivity contribution in [3.8, 4) is 0 Å². The second-order valence-corrected chi connectivity index (χ2v) is 4.11. The zero-order valence-corrected chi connectivity index (χ0v) is 10.9. The van der Waals surface area contributed by atoms with Crippen LogP contribution in [0.1, 0.15) is 18.9 Å². The first-order chi connectivity index (χ1) is 9.45. The van der Waals surface area contributed by atoms with Crippen molar-refractivity contribution >= 4 is 17.6 Å². The molecule has 1 rings (SSSR count). The Bertz CT molecular complexity index is 496. The largest absolute Gasteiger partial charge is 0.481 e. The highest BCUT2D eigenvalue weighted by atomic mass is 16.6. The lowest BCUT2D eigenvalue weighted by Crippen LogP contribution is -2.26. The Hall–Kier alpha value is -2.44. The van der Waals surface area contributed by atoms with E-state index in [0.29, 0.717) is 6.42 Å². The number of rotatable bonds is 7.